The molecule has 5 rings (SSSR count). The summed E-state index contributed by atoms with van der Waals surface area (Å²) >= 11 is 3.23. The van der Waals surface area contributed by atoms with Crippen molar-refractivity contribution in [2.45, 2.75) is 25.7 Å². The van der Waals surface area contributed by atoms with E-state index in [-0.39, 0.29) is 17.2 Å². The number of nitrogens with one attached hydrogen (secondary N) is 1. The highest BCUT2D eigenvalue weighted by molar-refractivity contribution is 7.23. The van der Waals surface area contributed by atoms with Crippen molar-refractivity contribution in [1.29, 1.82) is 0 Å². The van der Waals surface area contributed by atoms with Crippen LogP contribution in [-0.2, 0) is 12.8 Å². The minimum Gasteiger partial charge on any atom is -0.313 e. The van der Waals surface area contributed by atoms with E-state index in [4.69, 9.17) is 4.98 Å². The molecule has 2 aromatic heterocycles. The second-order valence-corrected chi connectivity index (χ2v) is 9.30. The summed E-state index contributed by atoms with van der Waals surface area (Å²) in [4.78, 5) is 29.6. The number of thiazole rings is 1. The smallest absolute Gasteiger partial charge is 0.270 e. The maximum absolute atomic E-state index is 12.9. The summed E-state index contributed by atoms with van der Waals surface area (Å²) in [5, 5.41) is 15.8. The zero-order chi connectivity index (χ0) is 20.7. The first-order valence-electron chi connectivity index (χ1n) is 9.66. The molecule has 1 aliphatic rings. The van der Waals surface area contributed by atoms with Crippen LogP contribution in [0.5, 0.6) is 0 Å². The molecule has 2 aromatic carbocycles. The molecule has 0 fully saturated rings. The number of hydrogen-bond donors (Lipinski definition) is 1. The van der Waals surface area contributed by atoms with Gasteiger partial charge in [0.05, 0.1) is 15.1 Å². The van der Waals surface area contributed by atoms with Gasteiger partial charge in [0.15, 0.2) is 0 Å². The molecular weight excluding hydrogens is 418 g/mol. The molecule has 0 radical (unpaired) electrons. The van der Waals surface area contributed by atoms with Gasteiger partial charge in [-0.25, -0.2) is 4.98 Å². The summed E-state index contributed by atoms with van der Waals surface area (Å²) < 4.78 is 1.11. The van der Waals surface area contributed by atoms with Crippen molar-refractivity contribution in [2.24, 2.45) is 0 Å². The number of non-ortho nitro benzene ring substituents is 1. The molecule has 6 nitrogen and oxygen atoms in total. The average Bonchev–Trinajstić information content (AvgIpc) is 3.34. The molecule has 0 aliphatic heterocycles. The number of nitro benzene ring substituents is 1. The number of fused-ring (bicyclic) bond motifs is 2. The second-order valence-electron chi connectivity index (χ2n) is 7.16. The van der Waals surface area contributed by atoms with Crippen molar-refractivity contribution in [2.75, 3.05) is 5.32 Å². The highest BCUT2D eigenvalue weighted by Crippen LogP contribution is 2.46. The molecule has 2 heterocycles. The largest absolute Gasteiger partial charge is 0.313 e. The Kier molecular flexibility index (Phi) is 4.80. The molecule has 1 amide bonds. The monoisotopic (exact) mass is 435 g/mol. The number of carbonyl (C=O) groups excluding carboxylic acids is 1. The van der Waals surface area contributed by atoms with Gasteiger partial charge in [-0.05, 0) is 49.4 Å². The number of aromatic nitrogens is 1. The van der Waals surface area contributed by atoms with Crippen LogP contribution in [0.4, 0.5) is 10.7 Å². The molecule has 0 spiro atoms. The van der Waals surface area contributed by atoms with E-state index in [1.54, 1.807) is 28.7 Å². The highest BCUT2D eigenvalue weighted by atomic mass is 32.1. The average molecular weight is 436 g/mol. The second kappa shape index (κ2) is 7.62. The number of thiophene rings is 1. The maximum atomic E-state index is 12.9. The Morgan fingerprint density at radius 3 is 2.73 bits per heavy atom. The Balaban J connectivity index is 1.57. The topological polar surface area (TPSA) is 85.1 Å². The lowest BCUT2D eigenvalue weighted by Gasteiger charge is -2.11. The summed E-state index contributed by atoms with van der Waals surface area (Å²) in [6.45, 7) is 0. The Labute approximate surface area is 180 Å². The highest BCUT2D eigenvalue weighted by Gasteiger charge is 2.25. The van der Waals surface area contributed by atoms with E-state index >= 15 is 0 Å². The predicted octanol–water partition coefficient (Wildman–Crippen LogP) is 6.06. The van der Waals surface area contributed by atoms with E-state index in [9.17, 15) is 14.9 Å². The fourth-order valence-electron chi connectivity index (χ4n) is 3.80. The molecule has 8 heteroatoms. The first-order valence-corrected chi connectivity index (χ1v) is 11.3. The van der Waals surface area contributed by atoms with Gasteiger partial charge in [-0.2, -0.15) is 0 Å². The van der Waals surface area contributed by atoms with Gasteiger partial charge in [0.25, 0.3) is 11.6 Å². The van der Waals surface area contributed by atoms with Gasteiger partial charge in [-0.15, -0.1) is 22.7 Å². The molecule has 0 unspecified atom stereocenters. The van der Waals surface area contributed by atoms with E-state index in [1.807, 2.05) is 18.2 Å². The summed E-state index contributed by atoms with van der Waals surface area (Å²) in [7, 11) is 0. The number of amides is 1. The van der Waals surface area contributed by atoms with Gasteiger partial charge in [0.2, 0.25) is 0 Å². The third kappa shape index (κ3) is 3.38. The van der Waals surface area contributed by atoms with Crippen molar-refractivity contribution in [3.05, 3.63) is 74.6 Å². The minimum absolute atomic E-state index is 0.0977. The van der Waals surface area contributed by atoms with Crippen LogP contribution < -0.4 is 5.32 Å². The van der Waals surface area contributed by atoms with E-state index in [2.05, 4.69) is 11.4 Å². The Hall–Kier alpha value is -3.10. The van der Waals surface area contributed by atoms with Gasteiger partial charge in [0, 0.05) is 28.1 Å². The lowest BCUT2D eigenvalue weighted by atomic mass is 9.95. The Morgan fingerprint density at radius 1 is 1.07 bits per heavy atom. The Bertz CT molecular complexity index is 1260. The number of anilines is 1. The van der Waals surface area contributed by atoms with E-state index in [0.717, 1.165) is 51.5 Å². The van der Waals surface area contributed by atoms with Crippen LogP contribution in [0.1, 0.15) is 33.6 Å². The quantitative estimate of drug-likeness (QED) is 0.312. The van der Waals surface area contributed by atoms with Gasteiger partial charge >= 0.3 is 0 Å². The number of nitro groups is 1. The number of nitrogens with zero attached hydrogens (tertiary/aromatic N) is 2. The molecule has 0 saturated heterocycles. The Morgan fingerprint density at radius 2 is 1.90 bits per heavy atom. The number of hydrogen-bond acceptors (Lipinski definition) is 6. The number of para-hydroxylation sites is 1. The number of aryl methyl sites for hydroxylation is 1. The van der Waals surface area contributed by atoms with Crippen LogP contribution in [0.3, 0.4) is 0 Å². The fourth-order valence-corrected chi connectivity index (χ4v) is 6.19. The molecule has 4 aromatic rings. The van der Waals surface area contributed by atoms with Crippen LogP contribution in [-0.4, -0.2) is 15.8 Å². The molecule has 150 valence electrons. The lowest BCUT2D eigenvalue weighted by molar-refractivity contribution is -0.384. The maximum Gasteiger partial charge on any atom is 0.270 e. The molecular formula is C22H17N3O3S2. The van der Waals surface area contributed by atoms with Crippen molar-refractivity contribution in [3.8, 4) is 10.6 Å². The van der Waals surface area contributed by atoms with Crippen LogP contribution >= 0.6 is 22.7 Å². The van der Waals surface area contributed by atoms with Crippen LogP contribution in [0.2, 0.25) is 0 Å². The standard InChI is InChI=1S/C22H17N3O3S2/c26-20(13-6-5-7-14(12-13)25(27)28)24-22-19(15-8-1-3-10-17(15)29-22)21-23-16-9-2-4-11-18(16)30-21/h2,4-7,9,11-12H,1,3,8,10H2,(H,24,26). The molecule has 0 atom stereocenters. The van der Waals surface area contributed by atoms with Crippen LogP contribution in [0.15, 0.2) is 48.5 Å². The number of rotatable bonds is 4. The molecule has 0 saturated carbocycles. The lowest BCUT2D eigenvalue weighted by Crippen LogP contribution is -2.12. The third-order valence-corrected chi connectivity index (χ3v) is 7.49. The van der Waals surface area contributed by atoms with Crippen molar-refractivity contribution < 1.29 is 9.72 Å². The van der Waals surface area contributed by atoms with Crippen molar-refractivity contribution >= 4 is 49.5 Å². The molecule has 30 heavy (non-hydrogen) atoms. The van der Waals surface area contributed by atoms with Gasteiger partial charge in [-0.3, -0.25) is 14.9 Å². The first kappa shape index (κ1) is 18.9. The van der Waals surface area contributed by atoms with Crippen LogP contribution in [0, 0.1) is 10.1 Å². The van der Waals surface area contributed by atoms with Gasteiger partial charge in [0.1, 0.15) is 10.0 Å². The molecule has 1 aliphatic carbocycles. The summed E-state index contributed by atoms with van der Waals surface area (Å²) in [6, 6.07) is 13.8. The van der Waals surface area contributed by atoms with E-state index in [1.165, 1.54) is 28.6 Å². The number of benzene rings is 2. The zero-order valence-corrected chi connectivity index (χ0v) is 17.5. The normalized spacial score (nSPS) is 13.2. The number of carbonyl (C=O) groups is 1. The zero-order valence-electron chi connectivity index (χ0n) is 15.9. The van der Waals surface area contributed by atoms with Gasteiger partial charge < -0.3 is 5.32 Å². The fraction of sp³-hybridized carbons (Fsp3) is 0.182. The summed E-state index contributed by atoms with van der Waals surface area (Å²) in [5.74, 6) is -0.348. The summed E-state index contributed by atoms with van der Waals surface area (Å²) in [5.41, 5.74) is 3.41. The summed E-state index contributed by atoms with van der Waals surface area (Å²) in [6.07, 6.45) is 4.25. The van der Waals surface area contributed by atoms with E-state index in [0.29, 0.717) is 0 Å². The van der Waals surface area contributed by atoms with Gasteiger partial charge in [-0.1, -0.05) is 18.2 Å². The first-order chi connectivity index (χ1) is 14.6. The third-order valence-electron chi connectivity index (χ3n) is 5.23. The molecule has 0 bridgehead atoms. The van der Waals surface area contributed by atoms with E-state index < -0.39 is 4.92 Å². The molecule has 1 N–H and O–H groups in total. The minimum atomic E-state index is -0.493. The van der Waals surface area contributed by atoms with Crippen molar-refractivity contribution in [3.63, 3.8) is 0 Å². The SMILES string of the molecule is O=C(Nc1sc2c(c1-c1nc3ccccc3s1)CCCC2)c1cccc([N+](=O)[O-])c1. The predicted molar refractivity (Wildman–Crippen MR) is 121 cm³/mol. The van der Waals surface area contributed by atoms with Crippen molar-refractivity contribution in [1.82, 2.24) is 4.98 Å². The van der Waals surface area contributed by atoms with Crippen LogP contribution in [0.25, 0.3) is 20.8 Å².